The van der Waals surface area contributed by atoms with Crippen molar-refractivity contribution in [3.8, 4) is 11.9 Å². The minimum Gasteiger partial charge on any atom is -0.477 e. The van der Waals surface area contributed by atoms with E-state index >= 15 is 0 Å². The Morgan fingerprint density at radius 3 is 2.59 bits per heavy atom. The Bertz CT molecular complexity index is 874. The summed E-state index contributed by atoms with van der Waals surface area (Å²) >= 11 is 0. The molecule has 0 saturated heterocycles. The molecule has 0 atom stereocenters. The van der Waals surface area contributed by atoms with E-state index in [9.17, 15) is 9.59 Å². The van der Waals surface area contributed by atoms with Crippen molar-refractivity contribution < 1.29 is 14.3 Å². The number of hydrogen-bond acceptors (Lipinski definition) is 7. The van der Waals surface area contributed by atoms with Crippen LogP contribution in [0.15, 0.2) is 30.3 Å². The fourth-order valence-electron chi connectivity index (χ4n) is 2.20. The van der Waals surface area contributed by atoms with E-state index in [1.54, 1.807) is 31.2 Å². The monoisotopic (exact) mass is 368 g/mol. The molecule has 27 heavy (non-hydrogen) atoms. The van der Waals surface area contributed by atoms with Crippen LogP contribution in [0.25, 0.3) is 0 Å². The number of rotatable bonds is 7. The van der Waals surface area contributed by atoms with Crippen LogP contribution in [0, 0.1) is 11.3 Å². The quantitative estimate of drug-likeness (QED) is 0.562. The summed E-state index contributed by atoms with van der Waals surface area (Å²) in [5, 5.41) is 14.5. The zero-order valence-corrected chi connectivity index (χ0v) is 14.8. The minimum absolute atomic E-state index is 0.0325. The molecular weight excluding hydrogens is 348 g/mol. The van der Waals surface area contributed by atoms with Crippen molar-refractivity contribution in [3.05, 3.63) is 47.2 Å². The average molecular weight is 368 g/mol. The van der Waals surface area contributed by atoms with Crippen LogP contribution < -0.4 is 26.8 Å². The van der Waals surface area contributed by atoms with E-state index in [-0.39, 0.29) is 41.8 Å². The third kappa shape index (κ3) is 5.17. The van der Waals surface area contributed by atoms with Crippen molar-refractivity contribution in [2.75, 3.05) is 24.2 Å². The van der Waals surface area contributed by atoms with Gasteiger partial charge in [-0.1, -0.05) is 12.1 Å². The van der Waals surface area contributed by atoms with Crippen LogP contribution in [0.4, 0.5) is 11.4 Å². The Balaban J connectivity index is 2.05. The molecule has 140 valence electrons. The maximum absolute atomic E-state index is 12.3. The van der Waals surface area contributed by atoms with Gasteiger partial charge in [-0.05, 0) is 30.7 Å². The van der Waals surface area contributed by atoms with Crippen molar-refractivity contribution in [1.29, 1.82) is 5.26 Å². The summed E-state index contributed by atoms with van der Waals surface area (Å²) in [6.45, 7) is 2.18. The fraction of sp³-hybridized carbons (Fsp3) is 0.222. The number of pyridine rings is 1. The van der Waals surface area contributed by atoms with Gasteiger partial charge in [0.25, 0.3) is 5.91 Å². The van der Waals surface area contributed by atoms with Crippen LogP contribution in [0.3, 0.4) is 0 Å². The zero-order valence-electron chi connectivity index (χ0n) is 14.8. The van der Waals surface area contributed by atoms with Gasteiger partial charge in [-0.3, -0.25) is 9.59 Å². The number of nitrogens with one attached hydrogen (secondary N) is 2. The molecule has 6 N–H and O–H groups in total. The van der Waals surface area contributed by atoms with E-state index in [0.29, 0.717) is 12.3 Å². The Morgan fingerprint density at radius 2 is 2.00 bits per heavy atom. The molecule has 1 aromatic carbocycles. The molecule has 1 aromatic heterocycles. The number of amides is 2. The summed E-state index contributed by atoms with van der Waals surface area (Å²) in [6, 6.07) is 10.2. The normalized spacial score (nSPS) is 9.96. The lowest BCUT2D eigenvalue weighted by molar-refractivity contribution is -0.114. The van der Waals surface area contributed by atoms with E-state index < -0.39 is 5.91 Å². The molecule has 0 bridgehead atoms. The molecule has 0 aliphatic carbocycles. The van der Waals surface area contributed by atoms with Gasteiger partial charge in [-0.15, -0.1) is 0 Å². The van der Waals surface area contributed by atoms with Gasteiger partial charge in [0.05, 0.1) is 18.8 Å². The van der Waals surface area contributed by atoms with Gasteiger partial charge in [-0.25, -0.2) is 4.98 Å². The second-order valence-corrected chi connectivity index (χ2v) is 5.45. The van der Waals surface area contributed by atoms with Gasteiger partial charge >= 0.3 is 0 Å². The molecule has 0 radical (unpaired) electrons. The summed E-state index contributed by atoms with van der Waals surface area (Å²) < 4.78 is 5.28. The molecule has 9 heteroatoms. The van der Waals surface area contributed by atoms with Gasteiger partial charge in [0, 0.05) is 12.2 Å². The zero-order chi connectivity index (χ0) is 19.8. The number of aromatic nitrogens is 1. The van der Waals surface area contributed by atoms with Crippen molar-refractivity contribution in [3.63, 3.8) is 0 Å². The van der Waals surface area contributed by atoms with E-state index in [1.165, 1.54) is 6.07 Å². The number of nitrogen functional groups attached to an aromatic ring is 1. The molecular formula is C18H20N6O3. The van der Waals surface area contributed by atoms with Crippen LogP contribution in [-0.2, 0) is 11.3 Å². The van der Waals surface area contributed by atoms with Gasteiger partial charge in [-0.2, -0.15) is 5.26 Å². The summed E-state index contributed by atoms with van der Waals surface area (Å²) in [7, 11) is 0. The Hall–Kier alpha value is -3.64. The fourth-order valence-corrected chi connectivity index (χ4v) is 2.20. The number of hydrogen-bond donors (Lipinski definition) is 4. The summed E-state index contributed by atoms with van der Waals surface area (Å²) in [6.07, 6.45) is 0. The van der Waals surface area contributed by atoms with Crippen LogP contribution in [0.1, 0.15) is 28.5 Å². The van der Waals surface area contributed by atoms with E-state index in [2.05, 4.69) is 15.6 Å². The molecule has 0 fully saturated rings. The number of ether oxygens (including phenoxy) is 1. The summed E-state index contributed by atoms with van der Waals surface area (Å²) in [5.41, 5.74) is 12.8. The Morgan fingerprint density at radius 1 is 1.30 bits per heavy atom. The van der Waals surface area contributed by atoms with Crippen LogP contribution in [-0.4, -0.2) is 29.9 Å². The van der Waals surface area contributed by atoms with E-state index in [4.69, 9.17) is 21.5 Å². The first-order valence-electron chi connectivity index (χ1n) is 8.19. The molecule has 0 aliphatic heterocycles. The number of nitrogens with two attached hydrogens (primary N) is 2. The number of benzene rings is 1. The second kappa shape index (κ2) is 9.17. The number of nitriles is 1. The lowest BCUT2D eigenvalue weighted by Crippen LogP contribution is -2.24. The maximum atomic E-state index is 12.3. The second-order valence-electron chi connectivity index (χ2n) is 5.45. The first kappa shape index (κ1) is 19.7. The number of carbonyl (C=O) groups is 2. The van der Waals surface area contributed by atoms with Crippen molar-refractivity contribution in [2.45, 2.75) is 13.5 Å². The van der Waals surface area contributed by atoms with Crippen LogP contribution >= 0.6 is 0 Å². The van der Waals surface area contributed by atoms with E-state index in [0.717, 1.165) is 5.56 Å². The highest BCUT2D eigenvalue weighted by Gasteiger charge is 2.16. The predicted octanol–water partition coefficient (Wildman–Crippen LogP) is 0.761. The van der Waals surface area contributed by atoms with Gasteiger partial charge in [0.15, 0.2) is 0 Å². The van der Waals surface area contributed by atoms with Crippen molar-refractivity contribution >= 4 is 23.2 Å². The summed E-state index contributed by atoms with van der Waals surface area (Å²) in [4.78, 5) is 27.7. The standard InChI is InChI=1S/C18H20N6O3/c1-2-27-18-13(8-19)14(21)7-15(24-18)17(26)22-10-11-3-5-12(6-4-11)23-16(25)9-20/h3-7H,2,9-10,20H2,1H3,(H2,21,24)(H,22,26)(H,23,25). The highest BCUT2D eigenvalue weighted by atomic mass is 16.5. The first-order valence-corrected chi connectivity index (χ1v) is 8.19. The predicted molar refractivity (Wildman–Crippen MR) is 99.8 cm³/mol. The first-order chi connectivity index (χ1) is 13.0. The molecule has 0 aliphatic rings. The summed E-state index contributed by atoms with van der Waals surface area (Å²) in [5.74, 6) is -0.705. The lowest BCUT2D eigenvalue weighted by atomic mass is 10.2. The third-order valence-electron chi connectivity index (χ3n) is 3.52. The minimum atomic E-state index is -0.451. The molecule has 1 heterocycles. The number of carbonyl (C=O) groups excluding carboxylic acids is 2. The Labute approximate surface area is 156 Å². The molecule has 2 aromatic rings. The van der Waals surface area contributed by atoms with Crippen LogP contribution in [0.5, 0.6) is 5.88 Å². The molecule has 0 spiro atoms. The third-order valence-corrected chi connectivity index (χ3v) is 3.52. The largest absolute Gasteiger partial charge is 0.477 e. The molecule has 9 nitrogen and oxygen atoms in total. The topological polar surface area (TPSA) is 156 Å². The van der Waals surface area contributed by atoms with Crippen molar-refractivity contribution in [1.82, 2.24) is 10.3 Å². The molecule has 2 rings (SSSR count). The van der Waals surface area contributed by atoms with Crippen molar-refractivity contribution in [2.24, 2.45) is 5.73 Å². The molecule has 2 amide bonds. The molecule has 0 unspecified atom stereocenters. The highest BCUT2D eigenvalue weighted by Crippen LogP contribution is 2.22. The van der Waals surface area contributed by atoms with Crippen LogP contribution in [0.2, 0.25) is 0 Å². The highest BCUT2D eigenvalue weighted by molar-refractivity contribution is 5.94. The number of nitrogens with zero attached hydrogens (tertiary/aromatic N) is 2. The smallest absolute Gasteiger partial charge is 0.270 e. The van der Waals surface area contributed by atoms with Gasteiger partial charge in [0.2, 0.25) is 11.8 Å². The maximum Gasteiger partial charge on any atom is 0.270 e. The Kier molecular flexibility index (Phi) is 6.68. The molecule has 0 saturated carbocycles. The van der Waals surface area contributed by atoms with Gasteiger partial charge < -0.3 is 26.8 Å². The SMILES string of the molecule is CCOc1nc(C(=O)NCc2ccc(NC(=O)CN)cc2)cc(N)c1C#N. The lowest BCUT2D eigenvalue weighted by Gasteiger charge is -2.10. The van der Waals surface area contributed by atoms with Gasteiger partial charge in [0.1, 0.15) is 17.3 Å². The van der Waals surface area contributed by atoms with E-state index in [1.807, 2.05) is 6.07 Å². The number of anilines is 2. The average Bonchev–Trinajstić information content (AvgIpc) is 2.67.